The van der Waals surface area contributed by atoms with Crippen LogP contribution in [0.5, 0.6) is 0 Å². The van der Waals surface area contributed by atoms with E-state index in [4.69, 9.17) is 4.74 Å². The SMILES string of the molecule is COC(=O)C1CCN(C(=O)CSc2ccc3ccccc3c2)CC1. The minimum Gasteiger partial charge on any atom is -0.469 e. The van der Waals surface area contributed by atoms with E-state index in [0.717, 1.165) is 4.90 Å². The fourth-order valence-corrected chi connectivity index (χ4v) is 3.87. The average Bonchev–Trinajstić information content (AvgIpc) is 2.65. The first-order chi connectivity index (χ1) is 11.7. The molecule has 1 heterocycles. The molecule has 0 spiro atoms. The number of esters is 1. The number of likely N-dealkylation sites (tertiary alicyclic amines) is 1. The normalized spacial score (nSPS) is 15.5. The van der Waals surface area contributed by atoms with E-state index >= 15 is 0 Å². The van der Waals surface area contributed by atoms with Crippen LogP contribution in [0.3, 0.4) is 0 Å². The standard InChI is InChI=1S/C19H21NO3S/c1-23-19(22)15-8-10-20(11-9-15)18(21)13-24-17-7-6-14-4-2-3-5-16(14)12-17/h2-7,12,15H,8-11,13H2,1H3. The van der Waals surface area contributed by atoms with E-state index in [2.05, 4.69) is 30.3 Å². The van der Waals surface area contributed by atoms with Crippen molar-refractivity contribution < 1.29 is 14.3 Å². The summed E-state index contributed by atoms with van der Waals surface area (Å²) in [5, 5.41) is 2.40. The number of rotatable bonds is 4. The van der Waals surface area contributed by atoms with Gasteiger partial charge in [0.15, 0.2) is 0 Å². The lowest BCUT2D eigenvalue weighted by molar-refractivity contribution is -0.148. The van der Waals surface area contributed by atoms with E-state index < -0.39 is 0 Å². The molecule has 0 radical (unpaired) electrons. The zero-order valence-electron chi connectivity index (χ0n) is 13.7. The van der Waals surface area contributed by atoms with Crippen LogP contribution in [-0.4, -0.2) is 42.7 Å². The molecule has 1 aliphatic heterocycles. The fraction of sp³-hybridized carbons (Fsp3) is 0.368. The lowest BCUT2D eigenvalue weighted by atomic mass is 9.97. The molecule has 2 aromatic carbocycles. The smallest absolute Gasteiger partial charge is 0.308 e. The monoisotopic (exact) mass is 343 g/mol. The van der Waals surface area contributed by atoms with Crippen LogP contribution in [0.15, 0.2) is 47.4 Å². The van der Waals surface area contributed by atoms with E-state index in [1.165, 1.54) is 17.9 Å². The molecule has 3 rings (SSSR count). The number of ether oxygens (including phenoxy) is 1. The highest BCUT2D eigenvalue weighted by molar-refractivity contribution is 8.00. The molecule has 1 saturated heterocycles. The van der Waals surface area contributed by atoms with Gasteiger partial charge in [-0.1, -0.05) is 30.3 Å². The molecule has 0 aromatic heterocycles. The molecule has 5 heteroatoms. The van der Waals surface area contributed by atoms with Gasteiger partial charge in [-0.2, -0.15) is 0 Å². The second kappa shape index (κ2) is 7.71. The fourth-order valence-electron chi connectivity index (χ4n) is 3.02. The van der Waals surface area contributed by atoms with Gasteiger partial charge in [-0.25, -0.2) is 0 Å². The zero-order chi connectivity index (χ0) is 16.9. The third-order valence-electron chi connectivity index (χ3n) is 4.47. The number of amides is 1. The van der Waals surface area contributed by atoms with Crippen molar-refractivity contribution in [2.24, 2.45) is 5.92 Å². The lowest BCUT2D eigenvalue weighted by Gasteiger charge is -2.30. The van der Waals surface area contributed by atoms with Crippen LogP contribution >= 0.6 is 11.8 Å². The summed E-state index contributed by atoms with van der Waals surface area (Å²) >= 11 is 1.57. The molecule has 0 aliphatic carbocycles. The number of hydrogen-bond acceptors (Lipinski definition) is 4. The minimum atomic E-state index is -0.160. The van der Waals surface area contributed by atoms with E-state index in [1.54, 1.807) is 11.8 Å². The Labute approximate surface area is 146 Å². The van der Waals surface area contributed by atoms with Gasteiger partial charge in [0.05, 0.1) is 18.8 Å². The van der Waals surface area contributed by atoms with Crippen LogP contribution in [0.1, 0.15) is 12.8 Å². The molecule has 0 atom stereocenters. The van der Waals surface area contributed by atoms with Crippen LogP contribution in [0, 0.1) is 5.92 Å². The van der Waals surface area contributed by atoms with E-state index in [0.29, 0.717) is 31.7 Å². The van der Waals surface area contributed by atoms with Crippen LogP contribution in [0.2, 0.25) is 0 Å². The number of thioether (sulfide) groups is 1. The van der Waals surface area contributed by atoms with Gasteiger partial charge in [-0.05, 0) is 35.7 Å². The maximum Gasteiger partial charge on any atom is 0.308 e. The van der Waals surface area contributed by atoms with Crippen molar-refractivity contribution in [3.8, 4) is 0 Å². The summed E-state index contributed by atoms with van der Waals surface area (Å²) < 4.78 is 4.78. The average molecular weight is 343 g/mol. The number of hydrogen-bond donors (Lipinski definition) is 0. The minimum absolute atomic E-state index is 0.0628. The Kier molecular flexibility index (Phi) is 5.41. The topological polar surface area (TPSA) is 46.6 Å². The number of nitrogens with zero attached hydrogens (tertiary/aromatic N) is 1. The van der Waals surface area contributed by atoms with Crippen molar-refractivity contribution in [3.63, 3.8) is 0 Å². The summed E-state index contributed by atoms with van der Waals surface area (Å²) in [7, 11) is 1.42. The van der Waals surface area contributed by atoms with E-state index in [-0.39, 0.29) is 17.8 Å². The van der Waals surface area contributed by atoms with E-state index in [1.807, 2.05) is 17.0 Å². The highest BCUT2D eigenvalue weighted by atomic mass is 32.2. The first-order valence-corrected chi connectivity index (χ1v) is 9.13. The Morgan fingerprint density at radius 3 is 2.54 bits per heavy atom. The van der Waals surface area contributed by atoms with Crippen molar-refractivity contribution >= 4 is 34.4 Å². The third-order valence-corrected chi connectivity index (χ3v) is 5.44. The van der Waals surface area contributed by atoms with Gasteiger partial charge in [0.1, 0.15) is 0 Å². The Hall–Kier alpha value is -2.01. The molecular formula is C19H21NO3S. The van der Waals surface area contributed by atoms with Crippen molar-refractivity contribution in [1.82, 2.24) is 4.90 Å². The first-order valence-electron chi connectivity index (χ1n) is 8.14. The molecule has 1 amide bonds. The number of carbonyl (C=O) groups is 2. The highest BCUT2D eigenvalue weighted by Gasteiger charge is 2.27. The van der Waals surface area contributed by atoms with Crippen molar-refractivity contribution in [3.05, 3.63) is 42.5 Å². The Balaban J connectivity index is 1.53. The molecule has 0 saturated carbocycles. The lowest BCUT2D eigenvalue weighted by Crippen LogP contribution is -2.41. The molecule has 0 bridgehead atoms. The van der Waals surface area contributed by atoms with Crippen LogP contribution in [0.4, 0.5) is 0 Å². The van der Waals surface area contributed by atoms with Gasteiger partial charge in [0, 0.05) is 18.0 Å². The summed E-state index contributed by atoms with van der Waals surface area (Å²) in [6.45, 7) is 1.27. The first kappa shape index (κ1) is 16.8. The van der Waals surface area contributed by atoms with E-state index in [9.17, 15) is 9.59 Å². The number of carbonyl (C=O) groups excluding carboxylic acids is 2. The van der Waals surface area contributed by atoms with Crippen LogP contribution in [0.25, 0.3) is 10.8 Å². The summed E-state index contributed by atoms with van der Waals surface area (Å²) in [4.78, 5) is 26.9. The number of fused-ring (bicyclic) bond motifs is 1. The second-order valence-corrected chi connectivity index (χ2v) is 7.02. The maximum absolute atomic E-state index is 12.4. The number of piperidine rings is 1. The van der Waals surface area contributed by atoms with Gasteiger partial charge < -0.3 is 9.64 Å². The molecular weight excluding hydrogens is 322 g/mol. The number of benzene rings is 2. The van der Waals surface area contributed by atoms with Gasteiger partial charge in [0.2, 0.25) is 5.91 Å². The third kappa shape index (κ3) is 3.90. The molecule has 2 aromatic rings. The molecule has 126 valence electrons. The molecule has 4 nitrogen and oxygen atoms in total. The second-order valence-electron chi connectivity index (χ2n) is 5.98. The summed E-state index contributed by atoms with van der Waals surface area (Å²) in [5.41, 5.74) is 0. The van der Waals surface area contributed by atoms with Gasteiger partial charge in [0.25, 0.3) is 0 Å². The van der Waals surface area contributed by atoms with Crippen LogP contribution < -0.4 is 0 Å². The van der Waals surface area contributed by atoms with Crippen molar-refractivity contribution in [1.29, 1.82) is 0 Å². The Morgan fingerprint density at radius 2 is 1.83 bits per heavy atom. The van der Waals surface area contributed by atoms with Gasteiger partial charge in [-0.15, -0.1) is 11.8 Å². The quantitative estimate of drug-likeness (QED) is 0.631. The molecule has 1 aliphatic rings. The zero-order valence-corrected chi connectivity index (χ0v) is 14.6. The summed E-state index contributed by atoms with van der Waals surface area (Å²) in [6.07, 6.45) is 1.39. The van der Waals surface area contributed by atoms with Crippen molar-refractivity contribution in [2.75, 3.05) is 26.0 Å². The summed E-state index contributed by atoms with van der Waals surface area (Å²) in [5.74, 6) is 0.345. The Bertz CT molecular complexity index is 738. The maximum atomic E-state index is 12.4. The molecule has 24 heavy (non-hydrogen) atoms. The molecule has 0 N–H and O–H groups in total. The van der Waals surface area contributed by atoms with Gasteiger partial charge >= 0.3 is 5.97 Å². The molecule has 1 fully saturated rings. The largest absolute Gasteiger partial charge is 0.469 e. The predicted molar refractivity (Wildman–Crippen MR) is 96.0 cm³/mol. The highest BCUT2D eigenvalue weighted by Crippen LogP contribution is 2.25. The van der Waals surface area contributed by atoms with Crippen LogP contribution in [-0.2, 0) is 14.3 Å². The van der Waals surface area contributed by atoms with Crippen molar-refractivity contribution in [2.45, 2.75) is 17.7 Å². The Morgan fingerprint density at radius 1 is 1.12 bits per heavy atom. The molecule has 0 unspecified atom stereocenters. The van der Waals surface area contributed by atoms with Gasteiger partial charge in [-0.3, -0.25) is 9.59 Å². The number of methoxy groups -OCH3 is 1. The predicted octanol–water partition coefficient (Wildman–Crippen LogP) is 3.34. The summed E-state index contributed by atoms with van der Waals surface area (Å²) in [6, 6.07) is 14.5.